The maximum Gasteiger partial charge on any atom is 0.236 e. The number of hydrogen-bond acceptors (Lipinski definition) is 5. The number of amides is 1. The summed E-state index contributed by atoms with van der Waals surface area (Å²) in [5, 5.41) is 3.23. The van der Waals surface area contributed by atoms with E-state index in [-0.39, 0.29) is 5.91 Å². The summed E-state index contributed by atoms with van der Waals surface area (Å²) in [5.74, 6) is 1.83. The largest absolute Gasteiger partial charge is 0.497 e. The number of methoxy groups -OCH3 is 2. The van der Waals surface area contributed by atoms with Crippen LogP contribution < -0.4 is 19.7 Å². The standard InChI is InChI=1S/C21H27N3O3/c1-26-19-9-7-18(8-10-19)23-11-13-24(14-12-23)21(25)16-22-15-17-5-3-4-6-20(17)27-2/h3-10,22H,11-16H2,1-2H3. The van der Waals surface area contributed by atoms with Crippen LogP contribution in [0.15, 0.2) is 48.5 Å². The lowest BCUT2D eigenvalue weighted by Crippen LogP contribution is -2.50. The highest BCUT2D eigenvalue weighted by atomic mass is 16.5. The monoisotopic (exact) mass is 369 g/mol. The van der Waals surface area contributed by atoms with Crippen LogP contribution in [0.5, 0.6) is 11.5 Å². The zero-order valence-electron chi connectivity index (χ0n) is 16.0. The second-order valence-electron chi connectivity index (χ2n) is 6.48. The number of nitrogens with zero attached hydrogens (tertiary/aromatic N) is 2. The van der Waals surface area contributed by atoms with Crippen LogP contribution in [0, 0.1) is 0 Å². The minimum absolute atomic E-state index is 0.138. The summed E-state index contributed by atoms with van der Waals surface area (Å²) in [6.45, 7) is 4.10. The van der Waals surface area contributed by atoms with Crippen LogP contribution in [0.25, 0.3) is 0 Å². The first-order valence-corrected chi connectivity index (χ1v) is 9.20. The summed E-state index contributed by atoms with van der Waals surface area (Å²) in [6, 6.07) is 15.9. The first kappa shape index (κ1) is 19.0. The summed E-state index contributed by atoms with van der Waals surface area (Å²) in [6.07, 6.45) is 0. The molecule has 6 nitrogen and oxygen atoms in total. The average Bonchev–Trinajstić information content (AvgIpc) is 2.74. The van der Waals surface area contributed by atoms with Crippen LogP contribution in [0.4, 0.5) is 5.69 Å². The Morgan fingerprint density at radius 1 is 0.963 bits per heavy atom. The predicted octanol–water partition coefficient (Wildman–Crippen LogP) is 2.14. The SMILES string of the molecule is COc1ccc(N2CCN(C(=O)CNCc3ccccc3OC)CC2)cc1. The third-order valence-electron chi connectivity index (χ3n) is 4.85. The number of carbonyl (C=O) groups excluding carboxylic acids is 1. The number of nitrogens with one attached hydrogen (secondary N) is 1. The minimum atomic E-state index is 0.138. The van der Waals surface area contributed by atoms with Crippen LogP contribution in [0.1, 0.15) is 5.56 Å². The van der Waals surface area contributed by atoms with Crippen molar-refractivity contribution in [2.24, 2.45) is 0 Å². The molecule has 1 saturated heterocycles. The van der Waals surface area contributed by atoms with E-state index in [1.54, 1.807) is 14.2 Å². The number of benzene rings is 2. The number of hydrogen-bond donors (Lipinski definition) is 1. The van der Waals surface area contributed by atoms with Gasteiger partial charge in [0.15, 0.2) is 0 Å². The van der Waals surface area contributed by atoms with Gasteiger partial charge in [0.2, 0.25) is 5.91 Å². The first-order chi connectivity index (χ1) is 13.2. The molecule has 3 rings (SSSR count). The Labute approximate surface area is 160 Å². The lowest BCUT2D eigenvalue weighted by molar-refractivity contribution is -0.130. The van der Waals surface area contributed by atoms with Crippen molar-refractivity contribution in [1.29, 1.82) is 0 Å². The molecule has 1 aliphatic rings. The normalized spacial score (nSPS) is 14.1. The zero-order chi connectivity index (χ0) is 19.1. The van der Waals surface area contributed by atoms with Gasteiger partial charge in [0.25, 0.3) is 0 Å². The van der Waals surface area contributed by atoms with E-state index in [9.17, 15) is 4.79 Å². The lowest BCUT2D eigenvalue weighted by atomic mass is 10.2. The molecule has 1 fully saturated rings. The molecule has 1 amide bonds. The second kappa shape index (κ2) is 9.28. The maximum atomic E-state index is 12.5. The molecule has 0 atom stereocenters. The molecule has 2 aromatic carbocycles. The first-order valence-electron chi connectivity index (χ1n) is 9.20. The summed E-state index contributed by atoms with van der Waals surface area (Å²) in [7, 11) is 3.33. The summed E-state index contributed by atoms with van der Waals surface area (Å²) < 4.78 is 10.5. The van der Waals surface area contributed by atoms with Gasteiger partial charge in [-0.3, -0.25) is 4.79 Å². The van der Waals surface area contributed by atoms with Gasteiger partial charge < -0.3 is 24.6 Å². The van der Waals surface area contributed by atoms with Gasteiger partial charge in [-0.25, -0.2) is 0 Å². The van der Waals surface area contributed by atoms with Crippen LogP contribution >= 0.6 is 0 Å². The molecule has 1 heterocycles. The summed E-state index contributed by atoms with van der Waals surface area (Å²) in [5.41, 5.74) is 2.22. The van der Waals surface area contributed by atoms with Crippen molar-refractivity contribution < 1.29 is 14.3 Å². The third kappa shape index (κ3) is 4.92. The number of carbonyl (C=O) groups is 1. The van der Waals surface area contributed by atoms with Crippen molar-refractivity contribution in [3.63, 3.8) is 0 Å². The highest BCUT2D eigenvalue weighted by Crippen LogP contribution is 2.20. The average molecular weight is 369 g/mol. The second-order valence-corrected chi connectivity index (χ2v) is 6.48. The Bertz CT molecular complexity index is 741. The van der Waals surface area contributed by atoms with Crippen molar-refractivity contribution in [3.05, 3.63) is 54.1 Å². The fourth-order valence-corrected chi connectivity index (χ4v) is 3.27. The number of piperazine rings is 1. The zero-order valence-corrected chi connectivity index (χ0v) is 16.0. The third-order valence-corrected chi connectivity index (χ3v) is 4.85. The highest BCUT2D eigenvalue weighted by molar-refractivity contribution is 5.78. The molecule has 6 heteroatoms. The molecule has 0 aliphatic carbocycles. The molecular formula is C21H27N3O3. The number of rotatable bonds is 7. The quantitative estimate of drug-likeness (QED) is 0.810. The Kier molecular flexibility index (Phi) is 6.54. The molecule has 0 saturated carbocycles. The fourth-order valence-electron chi connectivity index (χ4n) is 3.27. The van der Waals surface area contributed by atoms with E-state index >= 15 is 0 Å². The Hall–Kier alpha value is -2.73. The molecule has 1 N–H and O–H groups in total. The lowest BCUT2D eigenvalue weighted by Gasteiger charge is -2.36. The number of anilines is 1. The van der Waals surface area contributed by atoms with Crippen LogP contribution in [0.2, 0.25) is 0 Å². The van der Waals surface area contributed by atoms with Crippen molar-refractivity contribution in [2.75, 3.05) is 51.8 Å². The molecule has 0 spiro atoms. The van der Waals surface area contributed by atoms with Gasteiger partial charge in [0, 0.05) is 44.0 Å². The topological polar surface area (TPSA) is 54.0 Å². The smallest absolute Gasteiger partial charge is 0.236 e. The van der Waals surface area contributed by atoms with Gasteiger partial charge in [-0.15, -0.1) is 0 Å². The molecule has 0 radical (unpaired) electrons. The van der Waals surface area contributed by atoms with Gasteiger partial charge in [-0.2, -0.15) is 0 Å². The van der Waals surface area contributed by atoms with Crippen molar-refractivity contribution in [3.8, 4) is 11.5 Å². The van der Waals surface area contributed by atoms with Crippen LogP contribution in [0.3, 0.4) is 0 Å². The van der Waals surface area contributed by atoms with Gasteiger partial charge in [0.1, 0.15) is 11.5 Å². The van der Waals surface area contributed by atoms with E-state index in [0.29, 0.717) is 13.1 Å². The number of para-hydroxylation sites is 1. The molecule has 144 valence electrons. The van der Waals surface area contributed by atoms with Gasteiger partial charge in [-0.05, 0) is 30.3 Å². The van der Waals surface area contributed by atoms with E-state index in [4.69, 9.17) is 9.47 Å². The Morgan fingerprint density at radius 3 is 2.33 bits per heavy atom. The van der Waals surface area contributed by atoms with Gasteiger partial charge in [-0.1, -0.05) is 18.2 Å². The number of ether oxygens (including phenoxy) is 2. The van der Waals surface area contributed by atoms with Crippen molar-refractivity contribution in [1.82, 2.24) is 10.2 Å². The Morgan fingerprint density at radius 2 is 1.67 bits per heavy atom. The summed E-state index contributed by atoms with van der Waals surface area (Å²) >= 11 is 0. The van der Waals surface area contributed by atoms with E-state index in [1.807, 2.05) is 41.3 Å². The van der Waals surface area contributed by atoms with Gasteiger partial charge >= 0.3 is 0 Å². The maximum absolute atomic E-state index is 12.5. The van der Waals surface area contributed by atoms with Crippen LogP contribution in [-0.4, -0.2) is 57.8 Å². The van der Waals surface area contributed by atoms with E-state index in [2.05, 4.69) is 22.3 Å². The van der Waals surface area contributed by atoms with E-state index in [1.165, 1.54) is 0 Å². The fraction of sp³-hybridized carbons (Fsp3) is 0.381. The molecule has 0 unspecified atom stereocenters. The predicted molar refractivity (Wildman–Crippen MR) is 106 cm³/mol. The van der Waals surface area contributed by atoms with Crippen LogP contribution in [-0.2, 0) is 11.3 Å². The summed E-state index contributed by atoms with van der Waals surface area (Å²) in [4.78, 5) is 16.7. The molecule has 2 aromatic rings. The molecule has 27 heavy (non-hydrogen) atoms. The molecular weight excluding hydrogens is 342 g/mol. The van der Waals surface area contributed by atoms with E-state index in [0.717, 1.165) is 48.9 Å². The molecule has 1 aliphatic heterocycles. The van der Waals surface area contributed by atoms with Gasteiger partial charge in [0.05, 0.1) is 20.8 Å². The Balaban J connectivity index is 1.44. The highest BCUT2D eigenvalue weighted by Gasteiger charge is 2.21. The van der Waals surface area contributed by atoms with Crippen molar-refractivity contribution >= 4 is 11.6 Å². The molecule has 0 aromatic heterocycles. The minimum Gasteiger partial charge on any atom is -0.497 e. The van der Waals surface area contributed by atoms with Crippen molar-refractivity contribution in [2.45, 2.75) is 6.54 Å². The molecule has 0 bridgehead atoms. The van der Waals surface area contributed by atoms with E-state index < -0.39 is 0 Å².